The first kappa shape index (κ1) is 22.9. The van der Waals surface area contributed by atoms with Gasteiger partial charge >= 0.3 is 0 Å². The minimum Gasteiger partial charge on any atom is -0.394 e. The fourth-order valence-electron chi connectivity index (χ4n) is 2.65. The number of rotatable bonds is 6. The smallest absolute Gasteiger partial charge is 0.280 e. The maximum absolute atomic E-state index is 12.7. The number of benzene rings is 1. The third-order valence-electron chi connectivity index (χ3n) is 3.96. The van der Waals surface area contributed by atoms with Crippen LogP contribution in [-0.2, 0) is 11.9 Å². The summed E-state index contributed by atoms with van der Waals surface area (Å²) in [5.74, 6) is -0.233. The number of hydroxylamine groups is 1. The predicted octanol–water partition coefficient (Wildman–Crippen LogP) is 3.99. The monoisotopic (exact) mass is 437 g/mol. The Kier molecular flexibility index (Phi) is 8.21. The Hall–Kier alpha value is -2.39. The molecule has 9 heteroatoms. The summed E-state index contributed by atoms with van der Waals surface area (Å²) in [4.78, 5) is 30.4. The van der Waals surface area contributed by atoms with Crippen LogP contribution in [-0.4, -0.2) is 28.8 Å². The van der Waals surface area contributed by atoms with Gasteiger partial charge < -0.3 is 10.4 Å². The number of pyridine rings is 1. The molecule has 0 aliphatic heterocycles. The molecule has 0 aliphatic rings. The summed E-state index contributed by atoms with van der Waals surface area (Å²) in [6, 6.07) is 7.12. The van der Waals surface area contributed by atoms with E-state index in [1.165, 1.54) is 15.9 Å². The first-order chi connectivity index (χ1) is 13.9. The van der Waals surface area contributed by atoms with Crippen LogP contribution in [0.25, 0.3) is 10.1 Å². The van der Waals surface area contributed by atoms with Crippen LogP contribution >= 0.6 is 22.9 Å². The Balaban J connectivity index is 0.00000145. The molecule has 0 fully saturated rings. The first-order valence-corrected chi connectivity index (χ1v) is 10.4. The van der Waals surface area contributed by atoms with Crippen LogP contribution in [0.15, 0.2) is 34.4 Å². The molecule has 29 heavy (non-hydrogen) atoms. The first-order valence-electron chi connectivity index (χ1n) is 9.10. The highest BCUT2D eigenvalue weighted by atomic mass is 35.5. The Morgan fingerprint density at radius 1 is 1.31 bits per heavy atom. The molecule has 3 aromatic rings. The third-order valence-corrected chi connectivity index (χ3v) is 5.21. The number of hydrogen-bond acceptors (Lipinski definition) is 6. The van der Waals surface area contributed by atoms with Gasteiger partial charge in [0.2, 0.25) is 0 Å². The van der Waals surface area contributed by atoms with Crippen molar-refractivity contribution in [2.24, 2.45) is 7.05 Å². The van der Waals surface area contributed by atoms with Gasteiger partial charge in [0.05, 0.1) is 34.0 Å². The zero-order valence-electron chi connectivity index (χ0n) is 16.7. The number of hydrogen-bond donors (Lipinski definition) is 3. The number of anilines is 2. The van der Waals surface area contributed by atoms with E-state index in [9.17, 15) is 9.59 Å². The highest BCUT2D eigenvalue weighted by Crippen LogP contribution is 2.32. The van der Waals surface area contributed by atoms with E-state index in [4.69, 9.17) is 21.5 Å². The van der Waals surface area contributed by atoms with E-state index in [1.807, 2.05) is 26.8 Å². The van der Waals surface area contributed by atoms with Crippen molar-refractivity contribution in [1.29, 1.82) is 0 Å². The van der Waals surface area contributed by atoms with Gasteiger partial charge in [0.1, 0.15) is 11.4 Å². The summed E-state index contributed by atoms with van der Waals surface area (Å²) < 4.78 is 1.90. The SMILES string of the molecule is CC.Cc1ccc(Nc2c(C(=O)NOCCO)c3sccc3c(=O)n2C)c(Cl)c1. The standard InChI is InChI=1S/C18H18ClN3O4S.C2H6/c1-10-3-4-13(12(19)9-10)20-16-14(17(24)21-26-7-6-23)15-11(5-8-27-15)18(25)22(16)2;1-2/h3-5,8-9,20,23H,6-7H2,1-2H3,(H,21,24);1-2H3. The van der Waals surface area contributed by atoms with Gasteiger partial charge in [-0.05, 0) is 36.1 Å². The van der Waals surface area contributed by atoms with Crippen molar-refractivity contribution < 1.29 is 14.7 Å². The molecule has 0 aliphatic carbocycles. The van der Waals surface area contributed by atoms with Crippen molar-refractivity contribution in [2.45, 2.75) is 20.8 Å². The zero-order chi connectivity index (χ0) is 21.6. The normalized spacial score (nSPS) is 10.4. The van der Waals surface area contributed by atoms with E-state index in [-0.39, 0.29) is 24.3 Å². The Morgan fingerprint density at radius 3 is 2.69 bits per heavy atom. The van der Waals surface area contributed by atoms with Crippen LogP contribution < -0.4 is 16.4 Å². The highest BCUT2D eigenvalue weighted by Gasteiger charge is 2.22. The summed E-state index contributed by atoms with van der Waals surface area (Å²) in [5, 5.41) is 14.6. The third kappa shape index (κ3) is 4.97. The van der Waals surface area contributed by atoms with Crippen molar-refractivity contribution in [1.82, 2.24) is 10.0 Å². The highest BCUT2D eigenvalue weighted by molar-refractivity contribution is 7.17. The van der Waals surface area contributed by atoms with E-state index in [2.05, 4.69) is 10.8 Å². The lowest BCUT2D eigenvalue weighted by Crippen LogP contribution is -2.29. The molecular formula is C20H24ClN3O4S. The van der Waals surface area contributed by atoms with E-state index < -0.39 is 5.91 Å². The minimum absolute atomic E-state index is 0.0440. The molecule has 0 bridgehead atoms. The molecule has 2 heterocycles. The molecule has 0 spiro atoms. The number of carbonyl (C=O) groups is 1. The number of aliphatic hydroxyl groups excluding tert-OH is 1. The second kappa shape index (κ2) is 10.4. The summed E-state index contributed by atoms with van der Waals surface area (Å²) in [6.45, 7) is 5.64. The molecule has 0 atom stereocenters. The van der Waals surface area contributed by atoms with Crippen molar-refractivity contribution in [3.63, 3.8) is 0 Å². The summed E-state index contributed by atoms with van der Waals surface area (Å²) in [5.41, 5.74) is 3.88. The van der Waals surface area contributed by atoms with E-state index in [0.717, 1.165) is 5.56 Å². The zero-order valence-corrected chi connectivity index (χ0v) is 18.3. The van der Waals surface area contributed by atoms with Crippen molar-refractivity contribution in [3.8, 4) is 0 Å². The number of amides is 1. The van der Waals surface area contributed by atoms with Crippen LogP contribution in [0.5, 0.6) is 0 Å². The number of halogens is 1. The van der Waals surface area contributed by atoms with Crippen LogP contribution in [0.4, 0.5) is 11.5 Å². The Labute approximate surface area is 177 Å². The van der Waals surface area contributed by atoms with Crippen LogP contribution in [0.1, 0.15) is 29.8 Å². The lowest BCUT2D eigenvalue weighted by molar-refractivity contribution is 0.0170. The van der Waals surface area contributed by atoms with Gasteiger partial charge in [0, 0.05) is 7.05 Å². The average Bonchev–Trinajstić information content (AvgIpc) is 3.19. The minimum atomic E-state index is -0.530. The summed E-state index contributed by atoms with van der Waals surface area (Å²) >= 11 is 7.59. The second-order valence-electron chi connectivity index (χ2n) is 5.86. The Morgan fingerprint density at radius 2 is 2.03 bits per heavy atom. The van der Waals surface area contributed by atoms with Crippen LogP contribution in [0, 0.1) is 6.92 Å². The molecule has 1 amide bonds. The summed E-state index contributed by atoms with van der Waals surface area (Å²) in [6.07, 6.45) is 0. The largest absolute Gasteiger partial charge is 0.394 e. The number of aliphatic hydroxyl groups is 1. The maximum atomic E-state index is 12.7. The van der Waals surface area contributed by atoms with Gasteiger partial charge in [0.25, 0.3) is 11.5 Å². The van der Waals surface area contributed by atoms with Gasteiger partial charge in [-0.3, -0.25) is 19.0 Å². The van der Waals surface area contributed by atoms with Crippen molar-refractivity contribution in [2.75, 3.05) is 18.5 Å². The van der Waals surface area contributed by atoms with E-state index in [0.29, 0.717) is 26.6 Å². The molecule has 0 unspecified atom stereocenters. The van der Waals surface area contributed by atoms with Gasteiger partial charge in [-0.25, -0.2) is 5.48 Å². The van der Waals surface area contributed by atoms with Gasteiger partial charge in [-0.2, -0.15) is 0 Å². The molecule has 0 saturated carbocycles. The maximum Gasteiger partial charge on any atom is 0.280 e. The number of fused-ring (bicyclic) bond motifs is 1. The predicted molar refractivity (Wildman–Crippen MR) is 118 cm³/mol. The lowest BCUT2D eigenvalue weighted by Gasteiger charge is -2.17. The topological polar surface area (TPSA) is 92.6 Å². The average molecular weight is 438 g/mol. The fourth-order valence-corrected chi connectivity index (χ4v) is 3.86. The number of carbonyl (C=O) groups excluding carboxylic acids is 1. The summed E-state index contributed by atoms with van der Waals surface area (Å²) in [7, 11) is 1.58. The molecule has 0 radical (unpaired) electrons. The number of aryl methyl sites for hydroxylation is 1. The van der Waals surface area contributed by atoms with Crippen LogP contribution in [0.3, 0.4) is 0 Å². The molecule has 0 saturated heterocycles. The van der Waals surface area contributed by atoms with E-state index in [1.54, 1.807) is 30.6 Å². The number of aromatic nitrogens is 1. The molecule has 3 N–H and O–H groups in total. The molecule has 1 aromatic carbocycles. The number of nitrogens with one attached hydrogen (secondary N) is 2. The lowest BCUT2D eigenvalue weighted by atomic mass is 10.1. The molecule has 7 nitrogen and oxygen atoms in total. The fraction of sp³-hybridized carbons (Fsp3) is 0.300. The number of thiophene rings is 1. The quantitative estimate of drug-likeness (QED) is 0.400. The molecule has 2 aromatic heterocycles. The second-order valence-corrected chi connectivity index (χ2v) is 7.19. The van der Waals surface area contributed by atoms with Gasteiger partial charge in [-0.1, -0.05) is 31.5 Å². The van der Waals surface area contributed by atoms with Crippen LogP contribution in [0.2, 0.25) is 5.02 Å². The molecule has 156 valence electrons. The van der Waals surface area contributed by atoms with Gasteiger partial charge in [0.15, 0.2) is 0 Å². The van der Waals surface area contributed by atoms with E-state index >= 15 is 0 Å². The number of nitrogens with zero attached hydrogens (tertiary/aromatic N) is 1. The van der Waals surface area contributed by atoms with Crippen molar-refractivity contribution in [3.05, 3.63) is 56.1 Å². The van der Waals surface area contributed by atoms with Gasteiger partial charge in [-0.15, -0.1) is 11.3 Å². The molecular weight excluding hydrogens is 414 g/mol. The van der Waals surface area contributed by atoms with Crippen molar-refractivity contribution >= 4 is 50.4 Å². The Bertz CT molecular complexity index is 1060. The molecule has 3 rings (SSSR count).